The second-order valence-electron chi connectivity index (χ2n) is 6.56. The molecule has 2 saturated carbocycles. The van der Waals surface area contributed by atoms with Crippen molar-refractivity contribution in [3.8, 4) is 0 Å². The molecule has 1 aromatic heterocycles. The van der Waals surface area contributed by atoms with Gasteiger partial charge in [0.2, 0.25) is 5.91 Å². The molecule has 0 spiro atoms. The third-order valence-corrected chi connectivity index (χ3v) is 5.77. The van der Waals surface area contributed by atoms with Crippen LogP contribution in [0.25, 0.3) is 0 Å². The highest BCUT2D eigenvalue weighted by Crippen LogP contribution is 2.46. The van der Waals surface area contributed by atoms with Gasteiger partial charge >= 0.3 is 5.97 Å². The largest absolute Gasteiger partial charge is 0.461 e. The van der Waals surface area contributed by atoms with Crippen LogP contribution in [-0.2, 0) is 9.53 Å². The van der Waals surface area contributed by atoms with Crippen LogP contribution < -0.4 is 4.90 Å². The van der Waals surface area contributed by atoms with Gasteiger partial charge in [-0.15, -0.1) is 11.3 Å². The Labute approximate surface area is 139 Å². The Hall–Kier alpha value is -1.69. The average molecular weight is 332 g/mol. The van der Waals surface area contributed by atoms with Crippen molar-refractivity contribution in [3.63, 3.8) is 0 Å². The minimum atomic E-state index is -0.416. The van der Waals surface area contributed by atoms with Crippen LogP contribution in [0.2, 0.25) is 0 Å². The highest BCUT2D eigenvalue weighted by Gasteiger charge is 2.45. The van der Waals surface area contributed by atoms with E-state index in [1.165, 1.54) is 11.3 Å². The Kier molecular flexibility index (Phi) is 3.71. The van der Waals surface area contributed by atoms with E-state index in [9.17, 15) is 9.59 Å². The predicted molar refractivity (Wildman–Crippen MR) is 87.4 cm³/mol. The number of allylic oxidation sites excluding steroid dienone is 2. The van der Waals surface area contributed by atoms with Crippen molar-refractivity contribution in [1.29, 1.82) is 0 Å². The smallest absolute Gasteiger partial charge is 0.357 e. The van der Waals surface area contributed by atoms with Gasteiger partial charge in [0.25, 0.3) is 0 Å². The van der Waals surface area contributed by atoms with Crippen LogP contribution >= 0.6 is 11.3 Å². The number of esters is 1. The summed E-state index contributed by atoms with van der Waals surface area (Å²) < 4.78 is 4.99. The summed E-state index contributed by atoms with van der Waals surface area (Å²) in [6.45, 7) is 2.10. The number of hydrogen-bond donors (Lipinski definition) is 0. The van der Waals surface area contributed by atoms with Crippen molar-refractivity contribution in [2.45, 2.75) is 38.6 Å². The Morgan fingerprint density at radius 3 is 2.78 bits per heavy atom. The molecule has 2 fully saturated rings. The zero-order chi connectivity index (χ0) is 16.0. The summed E-state index contributed by atoms with van der Waals surface area (Å²) in [6, 6.07) is 0.256. The van der Waals surface area contributed by atoms with Gasteiger partial charge in [0, 0.05) is 17.3 Å². The number of anilines is 1. The van der Waals surface area contributed by atoms with Crippen LogP contribution in [0.1, 0.15) is 43.1 Å². The van der Waals surface area contributed by atoms with Crippen molar-refractivity contribution in [1.82, 2.24) is 4.98 Å². The fraction of sp³-hybridized carbons (Fsp3) is 0.588. The van der Waals surface area contributed by atoms with E-state index in [0.717, 1.165) is 25.7 Å². The molecule has 2 bridgehead atoms. The van der Waals surface area contributed by atoms with Crippen LogP contribution in [0.3, 0.4) is 0 Å². The molecule has 3 atom stereocenters. The highest BCUT2D eigenvalue weighted by molar-refractivity contribution is 7.14. The number of rotatable bonds is 5. The van der Waals surface area contributed by atoms with Crippen molar-refractivity contribution in [3.05, 3.63) is 23.2 Å². The van der Waals surface area contributed by atoms with Gasteiger partial charge in [0.15, 0.2) is 10.8 Å². The van der Waals surface area contributed by atoms with E-state index in [0.29, 0.717) is 29.3 Å². The van der Waals surface area contributed by atoms with Gasteiger partial charge in [-0.05, 0) is 44.4 Å². The highest BCUT2D eigenvalue weighted by atomic mass is 32.1. The summed E-state index contributed by atoms with van der Waals surface area (Å²) in [5, 5.41) is 2.34. The van der Waals surface area contributed by atoms with Crippen molar-refractivity contribution in [2.75, 3.05) is 11.5 Å². The van der Waals surface area contributed by atoms with Gasteiger partial charge in [0.05, 0.1) is 6.61 Å². The lowest BCUT2D eigenvalue weighted by Crippen LogP contribution is -2.39. The van der Waals surface area contributed by atoms with Crippen molar-refractivity contribution >= 4 is 28.3 Å². The summed E-state index contributed by atoms with van der Waals surface area (Å²) in [6.07, 6.45) is 8.57. The maximum absolute atomic E-state index is 13.1. The molecule has 0 N–H and O–H groups in total. The van der Waals surface area contributed by atoms with E-state index < -0.39 is 5.97 Å². The molecule has 5 nitrogen and oxygen atoms in total. The second kappa shape index (κ2) is 5.74. The lowest BCUT2D eigenvalue weighted by atomic mass is 9.92. The van der Waals surface area contributed by atoms with Crippen LogP contribution in [0, 0.1) is 17.8 Å². The van der Waals surface area contributed by atoms with Crippen molar-refractivity contribution in [2.24, 2.45) is 17.8 Å². The molecule has 0 saturated heterocycles. The summed E-state index contributed by atoms with van der Waals surface area (Å²) in [7, 11) is 0. The number of hydrogen-bond acceptors (Lipinski definition) is 5. The average Bonchev–Trinajstić information content (AvgIpc) is 2.98. The van der Waals surface area contributed by atoms with Gasteiger partial charge in [-0.25, -0.2) is 9.78 Å². The number of amides is 1. The fourth-order valence-corrected chi connectivity index (χ4v) is 4.55. The molecule has 3 aliphatic rings. The van der Waals surface area contributed by atoms with Gasteiger partial charge in [-0.3, -0.25) is 9.69 Å². The van der Waals surface area contributed by atoms with Crippen LogP contribution in [-0.4, -0.2) is 29.5 Å². The molecule has 122 valence electrons. The molecule has 0 aliphatic heterocycles. The van der Waals surface area contributed by atoms with E-state index in [4.69, 9.17) is 4.74 Å². The predicted octanol–water partition coefficient (Wildman–Crippen LogP) is 3.03. The molecular formula is C17H20N2O3S. The van der Waals surface area contributed by atoms with Crippen molar-refractivity contribution < 1.29 is 14.3 Å². The molecule has 3 aliphatic carbocycles. The van der Waals surface area contributed by atoms with Gasteiger partial charge in [-0.2, -0.15) is 0 Å². The SMILES string of the molecule is CCOC(=O)c1csc(N(C(=O)[C@@H]2C[C@H]3C=C[C@H]2C3)C2CC2)n1. The molecule has 4 rings (SSSR count). The molecule has 1 heterocycles. The zero-order valence-corrected chi connectivity index (χ0v) is 13.9. The standard InChI is InChI=1S/C17H20N2O3S/c1-2-22-16(21)14-9-23-17(18-14)19(12-5-6-12)15(20)13-8-10-3-4-11(13)7-10/h3-4,9-13H,2,5-8H2,1H3/t10-,11-,13+/m0/s1. The molecular weight excluding hydrogens is 312 g/mol. The third-order valence-electron chi connectivity index (χ3n) is 4.93. The number of fused-ring (bicyclic) bond motifs is 2. The minimum absolute atomic E-state index is 0.0838. The fourth-order valence-electron chi connectivity index (χ4n) is 3.68. The normalized spacial score (nSPS) is 28.1. The second-order valence-corrected chi connectivity index (χ2v) is 7.40. The maximum Gasteiger partial charge on any atom is 0.357 e. The first-order valence-electron chi connectivity index (χ1n) is 8.31. The van der Waals surface area contributed by atoms with Crippen LogP contribution in [0.15, 0.2) is 17.5 Å². The molecule has 0 unspecified atom stereocenters. The van der Waals surface area contributed by atoms with E-state index in [2.05, 4.69) is 17.1 Å². The summed E-state index contributed by atoms with van der Waals surface area (Å²) in [5.74, 6) is 0.815. The van der Waals surface area contributed by atoms with Crippen LogP contribution in [0.5, 0.6) is 0 Å². The van der Waals surface area contributed by atoms with E-state index >= 15 is 0 Å². The quantitative estimate of drug-likeness (QED) is 0.614. The number of carbonyl (C=O) groups excluding carboxylic acids is 2. The molecule has 1 amide bonds. The van der Waals surface area contributed by atoms with E-state index in [1.807, 2.05) is 4.90 Å². The maximum atomic E-state index is 13.1. The lowest BCUT2D eigenvalue weighted by Gasteiger charge is -2.26. The van der Waals surface area contributed by atoms with Gasteiger partial charge in [0.1, 0.15) is 0 Å². The number of carbonyl (C=O) groups is 2. The summed E-state index contributed by atoms with van der Waals surface area (Å²) in [4.78, 5) is 31.1. The molecule has 6 heteroatoms. The number of ether oxygens (including phenoxy) is 1. The summed E-state index contributed by atoms with van der Waals surface area (Å²) >= 11 is 1.36. The molecule has 0 aromatic carbocycles. The Morgan fingerprint density at radius 1 is 1.35 bits per heavy atom. The molecule has 0 radical (unpaired) electrons. The Balaban J connectivity index is 1.55. The van der Waals surface area contributed by atoms with E-state index in [-0.39, 0.29) is 17.9 Å². The molecule has 23 heavy (non-hydrogen) atoms. The van der Waals surface area contributed by atoms with Crippen LogP contribution in [0.4, 0.5) is 5.13 Å². The zero-order valence-electron chi connectivity index (χ0n) is 13.1. The Morgan fingerprint density at radius 2 is 2.17 bits per heavy atom. The molecule has 1 aromatic rings. The number of thiazole rings is 1. The number of aromatic nitrogens is 1. The first-order valence-corrected chi connectivity index (χ1v) is 9.19. The Bertz CT molecular complexity index is 665. The first kappa shape index (κ1) is 14.9. The third kappa shape index (κ3) is 2.69. The topological polar surface area (TPSA) is 59.5 Å². The lowest BCUT2D eigenvalue weighted by molar-refractivity contribution is -0.123. The van der Waals surface area contributed by atoms with E-state index in [1.54, 1.807) is 12.3 Å². The van der Waals surface area contributed by atoms with Gasteiger partial charge < -0.3 is 4.74 Å². The summed E-state index contributed by atoms with van der Waals surface area (Å²) in [5.41, 5.74) is 0.304. The van der Waals surface area contributed by atoms with Gasteiger partial charge in [-0.1, -0.05) is 12.2 Å². The minimum Gasteiger partial charge on any atom is -0.461 e. The number of nitrogens with zero attached hydrogens (tertiary/aromatic N) is 2. The first-order chi connectivity index (χ1) is 11.2. The monoisotopic (exact) mass is 332 g/mol.